The second-order valence-corrected chi connectivity index (χ2v) is 2.87. The molecule has 1 N–H and O–H groups in total. The van der Waals surface area contributed by atoms with E-state index in [-0.39, 0.29) is 0 Å². The molecule has 0 radical (unpaired) electrons. The zero-order chi connectivity index (χ0) is 7.94. The van der Waals surface area contributed by atoms with Crippen molar-refractivity contribution in [2.45, 2.75) is 6.92 Å². The van der Waals surface area contributed by atoms with E-state index in [0.29, 0.717) is 0 Å². The van der Waals surface area contributed by atoms with Crippen LogP contribution in [0.25, 0.3) is 0 Å². The molecule has 11 heavy (non-hydrogen) atoms. The van der Waals surface area contributed by atoms with Gasteiger partial charge in [0.05, 0.1) is 6.54 Å². The molecule has 0 aliphatic heterocycles. The fourth-order valence-corrected chi connectivity index (χ4v) is 1.26. The van der Waals surface area contributed by atoms with E-state index in [9.17, 15) is 0 Å². The van der Waals surface area contributed by atoms with E-state index in [2.05, 4.69) is 29.5 Å². The number of hydrogen-bond acceptors (Lipinski definition) is 2. The Morgan fingerprint density at radius 3 is 3.18 bits per heavy atom. The lowest BCUT2D eigenvalue weighted by Crippen LogP contribution is -2.11. The maximum atomic E-state index is 3.14. The fraction of sp³-hybridized carbons (Fsp3) is 0.333. The van der Waals surface area contributed by atoms with Crippen molar-refractivity contribution >= 4 is 11.3 Å². The molecular formula is C9H11NS. The van der Waals surface area contributed by atoms with E-state index in [1.165, 1.54) is 0 Å². The Hall–Kier alpha value is -0.780. The van der Waals surface area contributed by atoms with Gasteiger partial charge in [-0.2, -0.15) is 11.3 Å². The van der Waals surface area contributed by atoms with E-state index >= 15 is 0 Å². The Bertz CT molecular complexity index is 240. The van der Waals surface area contributed by atoms with Crippen molar-refractivity contribution in [2.24, 2.45) is 0 Å². The first-order valence-electron chi connectivity index (χ1n) is 3.65. The molecule has 0 aromatic carbocycles. The molecule has 0 saturated heterocycles. The van der Waals surface area contributed by atoms with E-state index in [0.717, 1.165) is 18.7 Å². The molecule has 0 atom stereocenters. The molecule has 1 rings (SSSR count). The quantitative estimate of drug-likeness (QED) is 0.519. The summed E-state index contributed by atoms with van der Waals surface area (Å²) in [6.07, 6.45) is 0. The summed E-state index contributed by atoms with van der Waals surface area (Å²) in [5.41, 5.74) is 1.12. The molecule has 0 saturated carbocycles. The van der Waals surface area contributed by atoms with Crippen molar-refractivity contribution in [1.29, 1.82) is 0 Å². The average molecular weight is 165 g/mol. The standard InChI is InChI=1S/C9H11NS/c1-2-10-6-3-4-9-5-7-11-8-9/h5,7-8,10H,2,6H2,1H3. The molecule has 0 bridgehead atoms. The molecule has 1 heterocycles. The third-order valence-electron chi connectivity index (χ3n) is 1.22. The van der Waals surface area contributed by atoms with Crippen LogP contribution in [-0.2, 0) is 0 Å². The van der Waals surface area contributed by atoms with Crippen LogP contribution in [0.1, 0.15) is 12.5 Å². The monoisotopic (exact) mass is 165 g/mol. The Morgan fingerprint density at radius 1 is 1.64 bits per heavy atom. The topological polar surface area (TPSA) is 12.0 Å². The smallest absolute Gasteiger partial charge is 0.0580 e. The van der Waals surface area contributed by atoms with Gasteiger partial charge in [-0.25, -0.2) is 0 Å². The highest BCUT2D eigenvalue weighted by atomic mass is 32.1. The molecule has 1 aromatic heterocycles. The fourth-order valence-electron chi connectivity index (χ4n) is 0.669. The van der Waals surface area contributed by atoms with Gasteiger partial charge in [-0.3, -0.25) is 0 Å². The van der Waals surface area contributed by atoms with Crippen LogP contribution in [-0.4, -0.2) is 13.1 Å². The van der Waals surface area contributed by atoms with E-state index < -0.39 is 0 Å². The minimum absolute atomic E-state index is 0.784. The van der Waals surface area contributed by atoms with Crippen LogP contribution < -0.4 is 5.32 Å². The maximum absolute atomic E-state index is 3.14. The lowest BCUT2D eigenvalue weighted by atomic mass is 10.3. The number of nitrogens with one attached hydrogen (secondary N) is 1. The highest BCUT2D eigenvalue weighted by Gasteiger charge is 1.82. The van der Waals surface area contributed by atoms with Crippen LogP contribution in [0.4, 0.5) is 0 Å². The lowest BCUT2D eigenvalue weighted by Gasteiger charge is -1.88. The molecule has 58 valence electrons. The first-order chi connectivity index (χ1) is 5.43. The predicted molar refractivity (Wildman–Crippen MR) is 49.7 cm³/mol. The molecule has 2 heteroatoms. The van der Waals surface area contributed by atoms with Crippen LogP contribution in [0.15, 0.2) is 16.8 Å². The van der Waals surface area contributed by atoms with Crippen LogP contribution in [0.3, 0.4) is 0 Å². The molecule has 0 spiro atoms. The normalized spacial score (nSPS) is 8.82. The highest BCUT2D eigenvalue weighted by molar-refractivity contribution is 7.08. The van der Waals surface area contributed by atoms with Crippen molar-refractivity contribution in [3.63, 3.8) is 0 Å². The van der Waals surface area contributed by atoms with Crippen molar-refractivity contribution in [3.8, 4) is 11.8 Å². The molecule has 0 aliphatic rings. The van der Waals surface area contributed by atoms with Crippen molar-refractivity contribution in [2.75, 3.05) is 13.1 Å². The van der Waals surface area contributed by atoms with Gasteiger partial charge in [0.1, 0.15) is 0 Å². The second kappa shape index (κ2) is 4.95. The first-order valence-corrected chi connectivity index (χ1v) is 4.59. The maximum Gasteiger partial charge on any atom is 0.0580 e. The summed E-state index contributed by atoms with van der Waals surface area (Å²) in [5, 5.41) is 7.23. The van der Waals surface area contributed by atoms with Gasteiger partial charge in [0.25, 0.3) is 0 Å². The van der Waals surface area contributed by atoms with E-state index in [1.807, 2.05) is 11.4 Å². The Balaban J connectivity index is 2.33. The van der Waals surface area contributed by atoms with Gasteiger partial charge in [-0.15, -0.1) is 0 Å². The number of hydrogen-bond donors (Lipinski definition) is 1. The van der Waals surface area contributed by atoms with E-state index in [4.69, 9.17) is 0 Å². The molecular weight excluding hydrogens is 154 g/mol. The number of thiophene rings is 1. The Morgan fingerprint density at radius 2 is 2.55 bits per heavy atom. The molecule has 0 unspecified atom stereocenters. The van der Waals surface area contributed by atoms with Gasteiger partial charge in [0, 0.05) is 10.9 Å². The van der Waals surface area contributed by atoms with Crippen molar-refractivity contribution < 1.29 is 0 Å². The zero-order valence-corrected chi connectivity index (χ0v) is 7.37. The predicted octanol–water partition coefficient (Wildman–Crippen LogP) is 1.71. The van der Waals surface area contributed by atoms with Crippen LogP contribution >= 0.6 is 11.3 Å². The minimum atomic E-state index is 0.784. The zero-order valence-electron chi connectivity index (χ0n) is 6.55. The molecule has 1 aromatic rings. The molecule has 0 fully saturated rings. The van der Waals surface area contributed by atoms with Gasteiger partial charge in [0.2, 0.25) is 0 Å². The highest BCUT2D eigenvalue weighted by Crippen LogP contribution is 2.02. The van der Waals surface area contributed by atoms with Crippen molar-refractivity contribution in [1.82, 2.24) is 5.32 Å². The van der Waals surface area contributed by atoms with Gasteiger partial charge in [0.15, 0.2) is 0 Å². The number of rotatable bonds is 2. The first kappa shape index (κ1) is 8.32. The third kappa shape index (κ3) is 3.22. The molecule has 0 aliphatic carbocycles. The summed E-state index contributed by atoms with van der Waals surface area (Å²) in [7, 11) is 0. The SMILES string of the molecule is CCNCC#Cc1ccsc1. The second-order valence-electron chi connectivity index (χ2n) is 2.09. The van der Waals surface area contributed by atoms with Gasteiger partial charge >= 0.3 is 0 Å². The average Bonchev–Trinajstić information content (AvgIpc) is 2.50. The van der Waals surface area contributed by atoms with Crippen LogP contribution in [0.5, 0.6) is 0 Å². The lowest BCUT2D eigenvalue weighted by molar-refractivity contribution is 0.811. The summed E-state index contributed by atoms with van der Waals surface area (Å²) in [6, 6.07) is 2.03. The van der Waals surface area contributed by atoms with E-state index in [1.54, 1.807) is 11.3 Å². The van der Waals surface area contributed by atoms with Crippen LogP contribution in [0, 0.1) is 11.8 Å². The Labute approximate surface area is 71.4 Å². The van der Waals surface area contributed by atoms with Gasteiger partial charge < -0.3 is 5.32 Å². The van der Waals surface area contributed by atoms with Gasteiger partial charge in [-0.1, -0.05) is 18.8 Å². The summed E-state index contributed by atoms with van der Waals surface area (Å²) >= 11 is 1.68. The molecule has 1 nitrogen and oxygen atoms in total. The third-order valence-corrected chi connectivity index (χ3v) is 1.90. The minimum Gasteiger partial charge on any atom is -0.306 e. The summed E-state index contributed by atoms with van der Waals surface area (Å²) < 4.78 is 0. The largest absolute Gasteiger partial charge is 0.306 e. The van der Waals surface area contributed by atoms with Gasteiger partial charge in [-0.05, 0) is 18.0 Å². The molecule has 0 amide bonds. The summed E-state index contributed by atoms with van der Waals surface area (Å²) in [4.78, 5) is 0. The summed E-state index contributed by atoms with van der Waals surface area (Å²) in [5.74, 6) is 6.09. The Kier molecular flexibility index (Phi) is 3.74. The summed E-state index contributed by atoms with van der Waals surface area (Å²) in [6.45, 7) is 3.84. The van der Waals surface area contributed by atoms with Crippen LogP contribution in [0.2, 0.25) is 0 Å². The van der Waals surface area contributed by atoms with Crippen molar-refractivity contribution in [3.05, 3.63) is 22.4 Å².